The minimum Gasteiger partial charge on any atom is -0.372 e. The Morgan fingerprint density at radius 2 is 1.47 bits per heavy atom. The third-order valence-electron chi connectivity index (χ3n) is 2.83. The number of rotatable bonds is 7. The molecule has 19 heavy (non-hydrogen) atoms. The van der Waals surface area contributed by atoms with Crippen LogP contribution in [0.5, 0.6) is 0 Å². The van der Waals surface area contributed by atoms with Crippen LogP contribution >= 0.6 is 0 Å². The molecule has 0 amide bonds. The van der Waals surface area contributed by atoms with Crippen LogP contribution in [0.15, 0.2) is 54.6 Å². The Balaban J connectivity index is 2.61. The van der Waals surface area contributed by atoms with Crippen LogP contribution in [0.3, 0.4) is 0 Å². The van der Waals surface area contributed by atoms with Crippen molar-refractivity contribution in [2.75, 3.05) is 18.0 Å². The number of anilines is 1. The van der Waals surface area contributed by atoms with Crippen LogP contribution in [0.1, 0.15) is 19.4 Å². The lowest BCUT2D eigenvalue weighted by molar-refractivity contribution is -0.104. The second kappa shape index (κ2) is 8.92. The standard InChI is InChI=1S/C17H21NO/c1-3-18(4-2)17-13-11-16(12-14-17)10-8-6-5-7-9-15-19/h5-15H,3-4H2,1-2H3. The maximum atomic E-state index is 10.1. The lowest BCUT2D eigenvalue weighted by atomic mass is 10.2. The van der Waals surface area contributed by atoms with Gasteiger partial charge in [0.15, 0.2) is 0 Å². The molecule has 100 valence electrons. The van der Waals surface area contributed by atoms with Crippen molar-refractivity contribution in [2.24, 2.45) is 0 Å². The third-order valence-corrected chi connectivity index (χ3v) is 2.83. The monoisotopic (exact) mass is 255 g/mol. The minimum atomic E-state index is 0.764. The number of hydrogen-bond donors (Lipinski definition) is 0. The first-order valence-corrected chi connectivity index (χ1v) is 6.62. The van der Waals surface area contributed by atoms with E-state index in [9.17, 15) is 4.79 Å². The van der Waals surface area contributed by atoms with E-state index in [1.165, 1.54) is 17.3 Å². The molecule has 0 aliphatic rings. The van der Waals surface area contributed by atoms with Crippen LogP contribution < -0.4 is 4.90 Å². The first kappa shape index (κ1) is 15.0. The quantitative estimate of drug-likeness (QED) is 0.419. The summed E-state index contributed by atoms with van der Waals surface area (Å²) in [5, 5.41) is 0. The topological polar surface area (TPSA) is 20.3 Å². The Labute approximate surface area is 115 Å². The van der Waals surface area contributed by atoms with Gasteiger partial charge in [0.05, 0.1) is 0 Å². The fourth-order valence-electron chi connectivity index (χ4n) is 1.79. The van der Waals surface area contributed by atoms with E-state index in [-0.39, 0.29) is 0 Å². The summed E-state index contributed by atoms with van der Waals surface area (Å²) in [6.07, 6.45) is 11.7. The summed E-state index contributed by atoms with van der Waals surface area (Å²) >= 11 is 0. The zero-order valence-electron chi connectivity index (χ0n) is 11.6. The molecule has 2 nitrogen and oxygen atoms in total. The highest BCUT2D eigenvalue weighted by atomic mass is 16.1. The van der Waals surface area contributed by atoms with Gasteiger partial charge in [-0.25, -0.2) is 0 Å². The van der Waals surface area contributed by atoms with E-state index in [4.69, 9.17) is 0 Å². The predicted molar refractivity (Wildman–Crippen MR) is 83.4 cm³/mol. The second-order valence-electron chi connectivity index (χ2n) is 4.03. The van der Waals surface area contributed by atoms with Gasteiger partial charge in [0.2, 0.25) is 0 Å². The molecule has 0 radical (unpaired) electrons. The molecule has 0 fully saturated rings. The van der Waals surface area contributed by atoms with Gasteiger partial charge in [-0.3, -0.25) is 4.79 Å². The number of nitrogens with zero attached hydrogens (tertiary/aromatic N) is 1. The van der Waals surface area contributed by atoms with Gasteiger partial charge in [0.25, 0.3) is 0 Å². The zero-order chi connectivity index (χ0) is 13.9. The molecule has 1 rings (SSSR count). The van der Waals surface area contributed by atoms with E-state index >= 15 is 0 Å². The SMILES string of the molecule is CCN(CC)c1ccc(C=CC=CC=CC=O)cc1. The van der Waals surface area contributed by atoms with Crippen LogP contribution in [-0.4, -0.2) is 19.4 Å². The van der Waals surface area contributed by atoms with E-state index < -0.39 is 0 Å². The molecule has 1 aromatic rings. The summed E-state index contributed by atoms with van der Waals surface area (Å²) in [4.78, 5) is 12.4. The fraction of sp³-hybridized carbons (Fsp3) is 0.235. The van der Waals surface area contributed by atoms with Crippen molar-refractivity contribution in [3.05, 3.63) is 60.2 Å². The van der Waals surface area contributed by atoms with Gasteiger partial charge in [-0.15, -0.1) is 0 Å². The summed E-state index contributed by atoms with van der Waals surface area (Å²) in [5.74, 6) is 0. The van der Waals surface area contributed by atoms with Crippen molar-refractivity contribution in [2.45, 2.75) is 13.8 Å². The second-order valence-corrected chi connectivity index (χ2v) is 4.03. The summed E-state index contributed by atoms with van der Waals surface area (Å²) in [6, 6.07) is 8.50. The van der Waals surface area contributed by atoms with Crippen LogP contribution in [0.4, 0.5) is 5.69 Å². The zero-order valence-corrected chi connectivity index (χ0v) is 11.6. The van der Waals surface area contributed by atoms with Crippen molar-refractivity contribution in [3.8, 4) is 0 Å². The summed E-state index contributed by atoms with van der Waals surface area (Å²) in [7, 11) is 0. The predicted octanol–water partition coefficient (Wildman–Crippen LogP) is 3.86. The minimum absolute atomic E-state index is 0.764. The number of carbonyl (C=O) groups is 1. The van der Waals surface area contributed by atoms with Crippen LogP contribution in [-0.2, 0) is 4.79 Å². The van der Waals surface area contributed by atoms with Gasteiger partial charge < -0.3 is 4.90 Å². The lowest BCUT2D eigenvalue weighted by Crippen LogP contribution is -2.21. The molecule has 0 N–H and O–H groups in total. The van der Waals surface area contributed by atoms with Crippen molar-refractivity contribution in [3.63, 3.8) is 0 Å². The van der Waals surface area contributed by atoms with Gasteiger partial charge in [-0.2, -0.15) is 0 Å². The molecule has 0 aromatic heterocycles. The molecule has 0 saturated carbocycles. The highest BCUT2D eigenvalue weighted by molar-refractivity contribution is 5.65. The number of aldehydes is 1. The van der Waals surface area contributed by atoms with Crippen molar-refractivity contribution in [1.82, 2.24) is 0 Å². The first-order valence-electron chi connectivity index (χ1n) is 6.62. The average Bonchev–Trinajstić information content (AvgIpc) is 2.45. The van der Waals surface area contributed by atoms with E-state index in [1.54, 1.807) is 6.08 Å². The van der Waals surface area contributed by atoms with E-state index in [0.717, 1.165) is 19.4 Å². The van der Waals surface area contributed by atoms with Crippen LogP contribution in [0.25, 0.3) is 6.08 Å². The van der Waals surface area contributed by atoms with E-state index in [2.05, 4.69) is 43.0 Å². The largest absolute Gasteiger partial charge is 0.372 e. The van der Waals surface area contributed by atoms with Gasteiger partial charge in [0, 0.05) is 18.8 Å². The Morgan fingerprint density at radius 1 is 0.895 bits per heavy atom. The molecular formula is C17H21NO. The number of hydrogen-bond acceptors (Lipinski definition) is 2. The summed E-state index contributed by atoms with van der Waals surface area (Å²) in [5.41, 5.74) is 2.42. The summed E-state index contributed by atoms with van der Waals surface area (Å²) < 4.78 is 0. The third kappa shape index (κ3) is 5.38. The van der Waals surface area contributed by atoms with Crippen molar-refractivity contribution >= 4 is 18.0 Å². The van der Waals surface area contributed by atoms with Crippen LogP contribution in [0.2, 0.25) is 0 Å². The summed E-state index contributed by atoms with van der Waals surface area (Å²) in [6.45, 7) is 6.37. The fourth-order valence-corrected chi connectivity index (χ4v) is 1.79. The number of allylic oxidation sites excluding steroid dienone is 5. The number of benzene rings is 1. The Morgan fingerprint density at radius 3 is 2.05 bits per heavy atom. The van der Waals surface area contributed by atoms with E-state index in [0.29, 0.717) is 0 Å². The molecule has 0 aliphatic carbocycles. The molecule has 2 heteroatoms. The van der Waals surface area contributed by atoms with Gasteiger partial charge in [0.1, 0.15) is 6.29 Å². The average molecular weight is 255 g/mol. The molecule has 0 unspecified atom stereocenters. The van der Waals surface area contributed by atoms with E-state index in [1.807, 2.05) is 24.3 Å². The van der Waals surface area contributed by atoms with Gasteiger partial charge in [-0.05, 0) is 37.6 Å². The first-order chi connectivity index (χ1) is 9.31. The van der Waals surface area contributed by atoms with Gasteiger partial charge >= 0.3 is 0 Å². The van der Waals surface area contributed by atoms with Gasteiger partial charge in [-0.1, -0.05) is 42.5 Å². The van der Waals surface area contributed by atoms with Crippen LogP contribution in [0, 0.1) is 0 Å². The molecule has 0 bridgehead atoms. The van der Waals surface area contributed by atoms with Crippen molar-refractivity contribution < 1.29 is 4.79 Å². The maximum absolute atomic E-state index is 10.1. The maximum Gasteiger partial charge on any atom is 0.142 e. The Hall–Kier alpha value is -2.09. The Kier molecular flexibility index (Phi) is 7.03. The molecule has 0 heterocycles. The molecule has 0 spiro atoms. The smallest absolute Gasteiger partial charge is 0.142 e. The molecular weight excluding hydrogens is 234 g/mol. The highest BCUT2D eigenvalue weighted by Crippen LogP contribution is 2.15. The molecule has 0 aliphatic heterocycles. The number of carbonyl (C=O) groups excluding carboxylic acids is 1. The lowest BCUT2D eigenvalue weighted by Gasteiger charge is -2.20. The molecule has 0 atom stereocenters. The highest BCUT2D eigenvalue weighted by Gasteiger charge is 1.99. The normalized spacial score (nSPS) is 11.7. The van der Waals surface area contributed by atoms with Crippen molar-refractivity contribution in [1.29, 1.82) is 0 Å². The Bertz CT molecular complexity index is 451. The molecule has 0 saturated heterocycles. The molecule has 1 aromatic carbocycles.